The van der Waals surface area contributed by atoms with E-state index in [1.165, 1.54) is 0 Å². The molecule has 0 fully saturated rings. The molecule has 0 aliphatic heterocycles. The summed E-state index contributed by atoms with van der Waals surface area (Å²) in [5.74, 6) is 1.44. The first-order valence-electron chi connectivity index (χ1n) is 6.57. The van der Waals surface area contributed by atoms with Gasteiger partial charge >= 0.3 is 0 Å². The van der Waals surface area contributed by atoms with Gasteiger partial charge in [-0.25, -0.2) is 0 Å². The molecule has 0 amide bonds. The van der Waals surface area contributed by atoms with Crippen molar-refractivity contribution in [3.8, 4) is 11.5 Å². The van der Waals surface area contributed by atoms with Gasteiger partial charge < -0.3 is 20.1 Å². The average Bonchev–Trinajstić information content (AvgIpc) is 2.36. The van der Waals surface area contributed by atoms with E-state index in [-0.39, 0.29) is 11.5 Å². The maximum Gasteiger partial charge on any atom is 0.171 e. The molecule has 2 N–H and O–H groups in total. The number of thiocarbonyl (C=S) groups is 1. The van der Waals surface area contributed by atoms with Crippen LogP contribution < -0.4 is 20.1 Å². The number of hydrogen-bond acceptors (Lipinski definition) is 3. The molecule has 0 aliphatic carbocycles. The summed E-state index contributed by atoms with van der Waals surface area (Å²) in [6.07, 6.45) is 0. The molecule has 0 aliphatic rings. The number of methoxy groups -OCH3 is 2. The van der Waals surface area contributed by atoms with Crippen LogP contribution in [0.2, 0.25) is 0 Å². The standard InChI is InChI=1S/C15H24N2O2S/c1-10(15(2,3)4)16-14(20)17-11-7-12(18-5)9-13(8-11)19-6/h7-10H,1-6H3,(H2,16,17,20). The van der Waals surface area contributed by atoms with Crippen molar-refractivity contribution >= 4 is 23.0 Å². The van der Waals surface area contributed by atoms with Gasteiger partial charge in [0.2, 0.25) is 0 Å². The lowest BCUT2D eigenvalue weighted by Crippen LogP contribution is -2.43. The van der Waals surface area contributed by atoms with Gasteiger partial charge in [-0.3, -0.25) is 0 Å². The van der Waals surface area contributed by atoms with Gasteiger partial charge in [-0.2, -0.15) is 0 Å². The topological polar surface area (TPSA) is 42.5 Å². The maximum absolute atomic E-state index is 5.34. The van der Waals surface area contributed by atoms with E-state index in [0.717, 1.165) is 17.2 Å². The third kappa shape index (κ3) is 4.89. The summed E-state index contributed by atoms with van der Waals surface area (Å²) in [5.41, 5.74) is 0.970. The van der Waals surface area contributed by atoms with Crippen molar-refractivity contribution in [2.24, 2.45) is 5.41 Å². The van der Waals surface area contributed by atoms with Crippen LogP contribution in [0.4, 0.5) is 5.69 Å². The van der Waals surface area contributed by atoms with Crippen molar-refractivity contribution in [3.05, 3.63) is 18.2 Å². The van der Waals surface area contributed by atoms with Crippen molar-refractivity contribution in [3.63, 3.8) is 0 Å². The fourth-order valence-electron chi connectivity index (χ4n) is 1.46. The van der Waals surface area contributed by atoms with Crippen LogP contribution in [0.5, 0.6) is 11.5 Å². The molecule has 5 heteroatoms. The molecule has 4 nitrogen and oxygen atoms in total. The lowest BCUT2D eigenvalue weighted by Gasteiger charge is -2.29. The van der Waals surface area contributed by atoms with Gasteiger partial charge in [0.15, 0.2) is 5.11 Å². The molecular formula is C15H24N2O2S. The Bertz CT molecular complexity index is 447. The Morgan fingerprint density at radius 3 is 2.00 bits per heavy atom. The zero-order chi connectivity index (χ0) is 15.3. The number of nitrogens with one attached hydrogen (secondary N) is 2. The molecule has 0 saturated heterocycles. The van der Waals surface area contributed by atoms with Crippen LogP contribution in [-0.4, -0.2) is 25.4 Å². The Morgan fingerprint density at radius 2 is 1.60 bits per heavy atom. The van der Waals surface area contributed by atoms with Crippen molar-refractivity contribution in [2.45, 2.75) is 33.7 Å². The molecule has 1 aromatic carbocycles. The van der Waals surface area contributed by atoms with E-state index in [9.17, 15) is 0 Å². The molecule has 20 heavy (non-hydrogen) atoms. The summed E-state index contributed by atoms with van der Waals surface area (Å²) in [6.45, 7) is 8.62. The predicted octanol–water partition coefficient (Wildman–Crippen LogP) is 3.42. The van der Waals surface area contributed by atoms with Gasteiger partial charge in [-0.15, -0.1) is 0 Å². The van der Waals surface area contributed by atoms with Gasteiger partial charge in [-0.1, -0.05) is 20.8 Å². The molecule has 1 atom stereocenters. The van der Waals surface area contributed by atoms with Crippen LogP contribution >= 0.6 is 12.2 Å². The van der Waals surface area contributed by atoms with Crippen LogP contribution in [-0.2, 0) is 0 Å². The number of anilines is 1. The normalized spacial score (nSPS) is 12.5. The zero-order valence-electron chi connectivity index (χ0n) is 13.0. The van der Waals surface area contributed by atoms with Gasteiger partial charge in [0.25, 0.3) is 0 Å². The van der Waals surface area contributed by atoms with Crippen LogP contribution in [0.3, 0.4) is 0 Å². The Kier molecular flexibility index (Phi) is 5.62. The quantitative estimate of drug-likeness (QED) is 0.833. The summed E-state index contributed by atoms with van der Waals surface area (Å²) >= 11 is 5.34. The minimum atomic E-state index is 0.137. The van der Waals surface area contributed by atoms with Gasteiger partial charge in [0.1, 0.15) is 11.5 Å². The smallest absolute Gasteiger partial charge is 0.171 e. The van der Waals surface area contributed by atoms with Gasteiger partial charge in [0.05, 0.1) is 14.2 Å². The summed E-state index contributed by atoms with van der Waals surface area (Å²) in [7, 11) is 3.24. The van der Waals surface area contributed by atoms with Crippen LogP contribution in [0.25, 0.3) is 0 Å². The zero-order valence-corrected chi connectivity index (χ0v) is 13.9. The molecule has 112 valence electrons. The summed E-state index contributed by atoms with van der Waals surface area (Å²) in [5, 5.41) is 7.02. The highest BCUT2D eigenvalue weighted by Crippen LogP contribution is 2.26. The summed E-state index contributed by atoms with van der Waals surface area (Å²) in [6, 6.07) is 5.82. The van der Waals surface area contributed by atoms with E-state index in [4.69, 9.17) is 21.7 Å². The average molecular weight is 296 g/mol. The van der Waals surface area contributed by atoms with Crippen LogP contribution in [0.15, 0.2) is 18.2 Å². The number of rotatable bonds is 4. The third-order valence-electron chi connectivity index (χ3n) is 3.26. The molecule has 0 saturated carbocycles. The van der Waals surface area contributed by atoms with Crippen molar-refractivity contribution in [1.82, 2.24) is 5.32 Å². The van der Waals surface area contributed by atoms with E-state index in [2.05, 4.69) is 38.3 Å². The number of benzene rings is 1. The SMILES string of the molecule is COc1cc(NC(=S)NC(C)C(C)(C)C)cc(OC)c1. The van der Waals surface area contributed by atoms with Crippen LogP contribution in [0, 0.1) is 5.41 Å². The van der Waals surface area contributed by atoms with Gasteiger partial charge in [0, 0.05) is 29.9 Å². The second kappa shape index (κ2) is 6.79. The first kappa shape index (κ1) is 16.6. The van der Waals surface area contributed by atoms with E-state index < -0.39 is 0 Å². The minimum absolute atomic E-state index is 0.137. The van der Waals surface area contributed by atoms with E-state index in [1.807, 2.05) is 18.2 Å². The fourth-order valence-corrected chi connectivity index (χ4v) is 1.75. The third-order valence-corrected chi connectivity index (χ3v) is 3.48. The first-order valence-corrected chi connectivity index (χ1v) is 6.97. The highest BCUT2D eigenvalue weighted by molar-refractivity contribution is 7.80. The molecular weight excluding hydrogens is 272 g/mol. The Morgan fingerprint density at radius 1 is 1.10 bits per heavy atom. The first-order chi connectivity index (χ1) is 9.26. The fraction of sp³-hybridized carbons (Fsp3) is 0.533. The predicted molar refractivity (Wildman–Crippen MR) is 87.8 cm³/mol. The highest BCUT2D eigenvalue weighted by Gasteiger charge is 2.20. The molecule has 0 spiro atoms. The summed E-state index contributed by atoms with van der Waals surface area (Å²) < 4.78 is 10.5. The Labute approximate surface area is 126 Å². The Hall–Kier alpha value is -1.49. The van der Waals surface area contributed by atoms with E-state index in [1.54, 1.807) is 14.2 Å². The lowest BCUT2D eigenvalue weighted by atomic mass is 9.88. The molecule has 1 aromatic rings. The summed E-state index contributed by atoms with van der Waals surface area (Å²) in [4.78, 5) is 0. The van der Waals surface area contributed by atoms with Crippen molar-refractivity contribution < 1.29 is 9.47 Å². The Balaban J connectivity index is 2.75. The van der Waals surface area contributed by atoms with Crippen molar-refractivity contribution in [2.75, 3.05) is 19.5 Å². The molecule has 1 unspecified atom stereocenters. The maximum atomic E-state index is 5.34. The van der Waals surface area contributed by atoms with Crippen LogP contribution in [0.1, 0.15) is 27.7 Å². The molecule has 0 aromatic heterocycles. The van der Waals surface area contributed by atoms with E-state index >= 15 is 0 Å². The lowest BCUT2D eigenvalue weighted by molar-refractivity contribution is 0.317. The van der Waals surface area contributed by atoms with Gasteiger partial charge in [-0.05, 0) is 24.6 Å². The molecule has 0 heterocycles. The molecule has 1 rings (SSSR count). The van der Waals surface area contributed by atoms with E-state index in [0.29, 0.717) is 5.11 Å². The minimum Gasteiger partial charge on any atom is -0.497 e. The second-order valence-corrected chi connectivity index (χ2v) is 6.20. The largest absolute Gasteiger partial charge is 0.497 e. The number of ether oxygens (including phenoxy) is 2. The van der Waals surface area contributed by atoms with Crippen molar-refractivity contribution in [1.29, 1.82) is 0 Å². The second-order valence-electron chi connectivity index (χ2n) is 5.79. The molecule has 0 radical (unpaired) electrons. The number of hydrogen-bond donors (Lipinski definition) is 2. The monoisotopic (exact) mass is 296 g/mol. The molecule has 0 bridgehead atoms. The highest BCUT2D eigenvalue weighted by atomic mass is 32.1.